The van der Waals surface area contributed by atoms with E-state index in [2.05, 4.69) is 24.1 Å². The van der Waals surface area contributed by atoms with Crippen LogP contribution in [-0.2, 0) is 4.74 Å². The van der Waals surface area contributed by atoms with Crippen LogP contribution in [0.2, 0.25) is 0 Å². The minimum absolute atomic E-state index is 0.0174. The van der Waals surface area contributed by atoms with E-state index in [-0.39, 0.29) is 23.1 Å². The summed E-state index contributed by atoms with van der Waals surface area (Å²) in [7, 11) is 1.72. The van der Waals surface area contributed by atoms with Crippen molar-refractivity contribution < 1.29 is 14.6 Å². The maximum absolute atomic E-state index is 11.0. The summed E-state index contributed by atoms with van der Waals surface area (Å²) >= 11 is 0. The van der Waals surface area contributed by atoms with Crippen molar-refractivity contribution in [3.05, 3.63) is 23.4 Å². The Labute approximate surface area is 113 Å². The van der Waals surface area contributed by atoms with Crippen LogP contribution < -0.4 is 5.32 Å². The van der Waals surface area contributed by atoms with E-state index in [0.29, 0.717) is 11.5 Å². The standard InChI is InChI=1S/C14H20N2O3/c1-8-5-9(13(17)18)6-12(15-8)16-10-7-11(19-4)14(10,2)3/h5-6,10-11H,7H2,1-4H3,(H,15,16)(H,17,18). The molecule has 1 aliphatic carbocycles. The average Bonchev–Trinajstić information content (AvgIpc) is 2.33. The molecule has 0 bridgehead atoms. The van der Waals surface area contributed by atoms with E-state index in [4.69, 9.17) is 9.84 Å². The zero-order valence-electron chi connectivity index (χ0n) is 11.7. The Hall–Kier alpha value is -1.62. The van der Waals surface area contributed by atoms with Crippen LogP contribution in [0.5, 0.6) is 0 Å². The molecule has 1 fully saturated rings. The van der Waals surface area contributed by atoms with Crippen LogP contribution >= 0.6 is 0 Å². The van der Waals surface area contributed by atoms with Crippen molar-refractivity contribution in [2.75, 3.05) is 12.4 Å². The normalized spacial score (nSPS) is 24.6. The molecule has 0 radical (unpaired) electrons. The number of aromatic carboxylic acids is 1. The van der Waals surface area contributed by atoms with Crippen LogP contribution in [0.3, 0.4) is 0 Å². The van der Waals surface area contributed by atoms with E-state index >= 15 is 0 Å². The van der Waals surface area contributed by atoms with Gasteiger partial charge in [0.25, 0.3) is 0 Å². The predicted molar refractivity (Wildman–Crippen MR) is 72.5 cm³/mol. The predicted octanol–water partition coefficient (Wildman–Crippen LogP) is 2.31. The molecule has 2 rings (SSSR count). The number of aryl methyl sites for hydroxylation is 1. The number of anilines is 1. The third-order valence-corrected chi connectivity index (χ3v) is 3.98. The number of nitrogens with one attached hydrogen (secondary N) is 1. The molecule has 2 unspecified atom stereocenters. The Morgan fingerprint density at radius 3 is 2.74 bits per heavy atom. The van der Waals surface area contributed by atoms with Gasteiger partial charge in [0.2, 0.25) is 0 Å². The fourth-order valence-corrected chi connectivity index (χ4v) is 2.57. The number of hydrogen-bond acceptors (Lipinski definition) is 4. The number of carbonyl (C=O) groups is 1. The van der Waals surface area contributed by atoms with Crippen LogP contribution in [0.25, 0.3) is 0 Å². The molecular weight excluding hydrogens is 244 g/mol. The Balaban J connectivity index is 2.15. The summed E-state index contributed by atoms with van der Waals surface area (Å²) in [5, 5.41) is 12.4. The number of carboxylic acids is 1. The lowest BCUT2D eigenvalue weighted by molar-refractivity contribution is -0.0795. The van der Waals surface area contributed by atoms with Gasteiger partial charge in [-0.2, -0.15) is 0 Å². The van der Waals surface area contributed by atoms with Crippen LogP contribution in [0.15, 0.2) is 12.1 Å². The van der Waals surface area contributed by atoms with Crippen molar-refractivity contribution in [1.82, 2.24) is 4.98 Å². The Morgan fingerprint density at radius 1 is 1.53 bits per heavy atom. The molecule has 5 nitrogen and oxygen atoms in total. The summed E-state index contributed by atoms with van der Waals surface area (Å²) in [6.07, 6.45) is 1.13. The molecule has 19 heavy (non-hydrogen) atoms. The molecule has 1 aliphatic rings. The largest absolute Gasteiger partial charge is 0.478 e. The SMILES string of the molecule is COC1CC(Nc2cc(C(=O)O)cc(C)n2)C1(C)C. The number of ether oxygens (including phenoxy) is 1. The average molecular weight is 264 g/mol. The van der Waals surface area contributed by atoms with Crippen molar-refractivity contribution in [1.29, 1.82) is 0 Å². The molecule has 5 heteroatoms. The van der Waals surface area contributed by atoms with E-state index < -0.39 is 5.97 Å². The van der Waals surface area contributed by atoms with Crippen LogP contribution in [0.1, 0.15) is 36.3 Å². The number of rotatable bonds is 4. The number of hydrogen-bond donors (Lipinski definition) is 2. The minimum Gasteiger partial charge on any atom is -0.478 e. The van der Waals surface area contributed by atoms with Crippen molar-refractivity contribution in [2.24, 2.45) is 5.41 Å². The quantitative estimate of drug-likeness (QED) is 0.873. The molecule has 0 aromatic carbocycles. The molecule has 104 valence electrons. The second-order valence-corrected chi connectivity index (χ2v) is 5.67. The van der Waals surface area contributed by atoms with Gasteiger partial charge >= 0.3 is 5.97 Å². The molecule has 0 amide bonds. The highest BCUT2D eigenvalue weighted by molar-refractivity contribution is 5.88. The molecule has 0 saturated heterocycles. The lowest BCUT2D eigenvalue weighted by Gasteiger charge is -2.51. The van der Waals surface area contributed by atoms with Crippen LogP contribution in [0, 0.1) is 12.3 Å². The molecule has 1 heterocycles. The fraction of sp³-hybridized carbons (Fsp3) is 0.571. The topological polar surface area (TPSA) is 71.5 Å². The van der Waals surface area contributed by atoms with Gasteiger partial charge in [0, 0.05) is 24.3 Å². The molecule has 1 saturated carbocycles. The fourth-order valence-electron chi connectivity index (χ4n) is 2.57. The minimum atomic E-state index is -0.934. The van der Waals surface area contributed by atoms with E-state index in [9.17, 15) is 4.79 Å². The summed E-state index contributed by atoms with van der Waals surface area (Å²) in [6, 6.07) is 3.39. The number of carboxylic acid groups (broad SMARTS) is 1. The second kappa shape index (κ2) is 4.81. The van der Waals surface area contributed by atoms with Gasteiger partial charge in [-0.3, -0.25) is 0 Å². The maximum atomic E-state index is 11.0. The molecule has 2 N–H and O–H groups in total. The van der Waals surface area contributed by atoms with Gasteiger partial charge < -0.3 is 15.2 Å². The van der Waals surface area contributed by atoms with E-state index in [0.717, 1.165) is 6.42 Å². The Morgan fingerprint density at radius 2 is 2.21 bits per heavy atom. The summed E-state index contributed by atoms with van der Waals surface area (Å²) in [5.41, 5.74) is 0.974. The first-order valence-corrected chi connectivity index (χ1v) is 6.36. The van der Waals surface area contributed by atoms with E-state index in [1.165, 1.54) is 0 Å². The van der Waals surface area contributed by atoms with Gasteiger partial charge in [-0.05, 0) is 25.5 Å². The molecule has 2 atom stereocenters. The van der Waals surface area contributed by atoms with Gasteiger partial charge in [-0.25, -0.2) is 9.78 Å². The number of methoxy groups -OCH3 is 1. The number of aromatic nitrogens is 1. The van der Waals surface area contributed by atoms with Gasteiger partial charge in [0.15, 0.2) is 0 Å². The summed E-state index contributed by atoms with van der Waals surface area (Å²) in [4.78, 5) is 15.4. The maximum Gasteiger partial charge on any atom is 0.335 e. The van der Waals surface area contributed by atoms with Gasteiger partial charge in [0.1, 0.15) is 5.82 Å². The third-order valence-electron chi connectivity index (χ3n) is 3.98. The van der Waals surface area contributed by atoms with Crippen molar-refractivity contribution in [3.63, 3.8) is 0 Å². The molecule has 0 spiro atoms. The van der Waals surface area contributed by atoms with Gasteiger partial charge in [0.05, 0.1) is 11.7 Å². The highest BCUT2D eigenvalue weighted by Gasteiger charge is 2.48. The first-order valence-electron chi connectivity index (χ1n) is 6.36. The Kier molecular flexibility index (Phi) is 3.49. The van der Waals surface area contributed by atoms with Gasteiger partial charge in [-0.1, -0.05) is 13.8 Å². The van der Waals surface area contributed by atoms with Crippen LogP contribution in [-0.4, -0.2) is 35.3 Å². The lowest BCUT2D eigenvalue weighted by Crippen LogP contribution is -2.57. The highest BCUT2D eigenvalue weighted by atomic mass is 16.5. The van der Waals surface area contributed by atoms with Crippen LogP contribution in [0.4, 0.5) is 5.82 Å². The van der Waals surface area contributed by atoms with E-state index in [1.54, 1.807) is 26.2 Å². The first kappa shape index (κ1) is 13.8. The summed E-state index contributed by atoms with van der Waals surface area (Å²) < 4.78 is 5.40. The highest BCUT2D eigenvalue weighted by Crippen LogP contribution is 2.43. The second-order valence-electron chi connectivity index (χ2n) is 5.67. The first-order chi connectivity index (χ1) is 8.84. The Bertz CT molecular complexity index is 499. The van der Waals surface area contributed by atoms with Gasteiger partial charge in [-0.15, -0.1) is 0 Å². The lowest BCUT2D eigenvalue weighted by atomic mass is 9.64. The monoisotopic (exact) mass is 264 g/mol. The smallest absolute Gasteiger partial charge is 0.335 e. The molecule has 1 aromatic rings. The molecule has 0 aliphatic heterocycles. The molecular formula is C14H20N2O3. The summed E-state index contributed by atoms with van der Waals surface area (Å²) in [5.74, 6) is -0.318. The van der Waals surface area contributed by atoms with Crippen molar-refractivity contribution in [3.8, 4) is 0 Å². The third kappa shape index (κ3) is 2.56. The van der Waals surface area contributed by atoms with Crippen molar-refractivity contribution >= 4 is 11.8 Å². The zero-order valence-corrected chi connectivity index (χ0v) is 11.7. The number of nitrogens with zero attached hydrogens (tertiary/aromatic N) is 1. The van der Waals surface area contributed by atoms with Crippen molar-refractivity contribution in [2.45, 2.75) is 39.3 Å². The number of pyridine rings is 1. The molecule has 1 aromatic heterocycles. The van der Waals surface area contributed by atoms with E-state index in [1.807, 2.05) is 0 Å². The summed E-state index contributed by atoms with van der Waals surface area (Å²) in [6.45, 7) is 6.06. The zero-order chi connectivity index (χ0) is 14.2.